The number of amides is 1. The SMILES string of the molecule is Cc1ccc(CNc2cccc(NC(=O)CO)c2)cc1Cl. The van der Waals surface area contributed by atoms with Gasteiger partial charge in [0.1, 0.15) is 6.61 Å². The molecule has 0 unspecified atom stereocenters. The van der Waals surface area contributed by atoms with Crippen molar-refractivity contribution >= 4 is 28.9 Å². The number of aliphatic hydroxyl groups excluding tert-OH is 1. The van der Waals surface area contributed by atoms with Crippen molar-refractivity contribution in [3.63, 3.8) is 0 Å². The van der Waals surface area contributed by atoms with E-state index in [-0.39, 0.29) is 0 Å². The lowest BCUT2D eigenvalue weighted by Crippen LogP contribution is -2.15. The summed E-state index contributed by atoms with van der Waals surface area (Å²) in [6, 6.07) is 13.2. The van der Waals surface area contributed by atoms with Crippen molar-refractivity contribution < 1.29 is 9.90 Å². The number of halogens is 1. The first-order chi connectivity index (χ1) is 10.1. The van der Waals surface area contributed by atoms with Crippen molar-refractivity contribution in [3.8, 4) is 0 Å². The Kier molecular flexibility index (Phi) is 5.20. The first-order valence-electron chi connectivity index (χ1n) is 6.58. The molecule has 0 heterocycles. The number of aryl methyl sites for hydroxylation is 1. The standard InChI is InChI=1S/C16H17ClN2O2/c1-11-5-6-12(7-15(11)17)9-18-13-3-2-4-14(8-13)19-16(21)10-20/h2-8,18,20H,9-10H2,1H3,(H,19,21). The van der Waals surface area contributed by atoms with Crippen molar-refractivity contribution in [2.45, 2.75) is 13.5 Å². The third-order valence-corrected chi connectivity index (χ3v) is 3.43. The maximum Gasteiger partial charge on any atom is 0.250 e. The fourth-order valence-corrected chi connectivity index (χ4v) is 2.06. The highest BCUT2D eigenvalue weighted by atomic mass is 35.5. The molecular weight excluding hydrogens is 288 g/mol. The van der Waals surface area contributed by atoms with Crippen LogP contribution in [0.2, 0.25) is 5.02 Å². The molecule has 0 fully saturated rings. The molecule has 0 spiro atoms. The zero-order chi connectivity index (χ0) is 15.2. The summed E-state index contributed by atoms with van der Waals surface area (Å²) < 4.78 is 0. The molecule has 0 bridgehead atoms. The fourth-order valence-electron chi connectivity index (χ4n) is 1.86. The molecule has 3 N–H and O–H groups in total. The lowest BCUT2D eigenvalue weighted by atomic mass is 10.1. The molecule has 2 rings (SSSR count). The van der Waals surface area contributed by atoms with Crippen LogP contribution in [0.3, 0.4) is 0 Å². The van der Waals surface area contributed by atoms with Gasteiger partial charge >= 0.3 is 0 Å². The summed E-state index contributed by atoms with van der Waals surface area (Å²) in [6.45, 7) is 2.07. The van der Waals surface area contributed by atoms with Gasteiger partial charge in [0.25, 0.3) is 0 Å². The number of nitrogens with one attached hydrogen (secondary N) is 2. The Morgan fingerprint density at radius 2 is 1.95 bits per heavy atom. The van der Waals surface area contributed by atoms with Crippen LogP contribution in [0.1, 0.15) is 11.1 Å². The Hall–Kier alpha value is -2.04. The van der Waals surface area contributed by atoms with Crippen LogP contribution in [0.15, 0.2) is 42.5 Å². The number of anilines is 2. The number of carbonyl (C=O) groups is 1. The minimum atomic E-state index is -0.528. The smallest absolute Gasteiger partial charge is 0.250 e. The summed E-state index contributed by atoms with van der Waals surface area (Å²) in [4.78, 5) is 11.1. The van der Waals surface area contributed by atoms with Crippen LogP contribution >= 0.6 is 11.6 Å². The molecule has 2 aromatic rings. The van der Waals surface area contributed by atoms with Crippen LogP contribution < -0.4 is 10.6 Å². The maximum absolute atomic E-state index is 11.1. The average Bonchev–Trinajstić information content (AvgIpc) is 2.49. The third-order valence-electron chi connectivity index (χ3n) is 3.02. The predicted octanol–water partition coefficient (Wildman–Crippen LogP) is 3.19. The van der Waals surface area contributed by atoms with E-state index < -0.39 is 12.5 Å². The molecule has 0 aliphatic rings. The van der Waals surface area contributed by atoms with Crippen molar-refractivity contribution in [1.82, 2.24) is 0 Å². The van der Waals surface area contributed by atoms with Crippen LogP contribution in [0.5, 0.6) is 0 Å². The number of carbonyl (C=O) groups excluding carboxylic acids is 1. The molecular formula is C16H17ClN2O2. The second-order valence-electron chi connectivity index (χ2n) is 4.72. The van der Waals surface area contributed by atoms with E-state index in [1.54, 1.807) is 6.07 Å². The highest BCUT2D eigenvalue weighted by Crippen LogP contribution is 2.19. The van der Waals surface area contributed by atoms with Gasteiger partial charge in [-0.2, -0.15) is 0 Å². The molecule has 0 saturated heterocycles. The summed E-state index contributed by atoms with van der Waals surface area (Å²) in [7, 11) is 0. The van der Waals surface area contributed by atoms with Gasteiger partial charge in [-0.3, -0.25) is 4.79 Å². The summed E-state index contributed by atoms with van der Waals surface area (Å²) >= 11 is 6.10. The van der Waals surface area contributed by atoms with Gasteiger partial charge < -0.3 is 15.7 Å². The van der Waals surface area contributed by atoms with Gasteiger partial charge in [-0.15, -0.1) is 0 Å². The molecule has 1 amide bonds. The van der Waals surface area contributed by atoms with Gasteiger partial charge in [0.15, 0.2) is 0 Å². The highest BCUT2D eigenvalue weighted by molar-refractivity contribution is 6.31. The van der Waals surface area contributed by atoms with Gasteiger partial charge in [-0.05, 0) is 42.3 Å². The number of hydrogen-bond donors (Lipinski definition) is 3. The van der Waals surface area contributed by atoms with E-state index in [0.29, 0.717) is 12.2 Å². The Morgan fingerprint density at radius 1 is 1.19 bits per heavy atom. The van der Waals surface area contributed by atoms with E-state index in [1.165, 1.54) is 0 Å². The maximum atomic E-state index is 11.1. The Labute approximate surface area is 128 Å². The molecule has 5 heteroatoms. The first-order valence-corrected chi connectivity index (χ1v) is 6.96. The second-order valence-corrected chi connectivity index (χ2v) is 5.13. The Balaban J connectivity index is 2.01. The fraction of sp³-hybridized carbons (Fsp3) is 0.188. The molecule has 0 atom stereocenters. The molecule has 110 valence electrons. The second kappa shape index (κ2) is 7.11. The Bertz CT molecular complexity index is 644. The van der Waals surface area contributed by atoms with E-state index in [2.05, 4.69) is 10.6 Å². The molecule has 4 nitrogen and oxygen atoms in total. The zero-order valence-corrected chi connectivity index (χ0v) is 12.4. The van der Waals surface area contributed by atoms with Crippen molar-refractivity contribution in [1.29, 1.82) is 0 Å². The molecule has 21 heavy (non-hydrogen) atoms. The minimum Gasteiger partial charge on any atom is -0.387 e. The normalized spacial score (nSPS) is 10.2. The average molecular weight is 305 g/mol. The summed E-state index contributed by atoms with van der Waals surface area (Å²) in [5.41, 5.74) is 3.65. The number of hydrogen-bond acceptors (Lipinski definition) is 3. The summed E-state index contributed by atoms with van der Waals surface area (Å²) in [5, 5.41) is 15.3. The van der Waals surface area contributed by atoms with Crippen molar-refractivity contribution in [3.05, 3.63) is 58.6 Å². The largest absolute Gasteiger partial charge is 0.387 e. The molecule has 0 radical (unpaired) electrons. The molecule has 0 aliphatic carbocycles. The van der Waals surface area contributed by atoms with E-state index in [0.717, 1.165) is 21.8 Å². The van der Waals surface area contributed by atoms with E-state index in [9.17, 15) is 4.79 Å². The van der Waals surface area contributed by atoms with Crippen molar-refractivity contribution in [2.24, 2.45) is 0 Å². The lowest BCUT2D eigenvalue weighted by molar-refractivity contribution is -0.118. The van der Waals surface area contributed by atoms with E-state index in [4.69, 9.17) is 16.7 Å². The minimum absolute atomic E-state index is 0.433. The van der Waals surface area contributed by atoms with Gasteiger partial charge in [-0.25, -0.2) is 0 Å². The number of benzene rings is 2. The van der Waals surface area contributed by atoms with Crippen LogP contribution in [0.25, 0.3) is 0 Å². The molecule has 2 aromatic carbocycles. The third kappa shape index (κ3) is 4.48. The topological polar surface area (TPSA) is 61.4 Å². The van der Waals surface area contributed by atoms with E-state index >= 15 is 0 Å². The number of aliphatic hydroxyl groups is 1. The quantitative estimate of drug-likeness (QED) is 0.795. The summed E-state index contributed by atoms with van der Waals surface area (Å²) in [6.07, 6.45) is 0. The molecule has 0 aromatic heterocycles. The summed E-state index contributed by atoms with van der Waals surface area (Å²) in [5.74, 6) is -0.433. The van der Waals surface area contributed by atoms with Crippen LogP contribution in [0.4, 0.5) is 11.4 Å². The number of rotatable bonds is 5. The van der Waals surface area contributed by atoms with Gasteiger partial charge in [0, 0.05) is 22.9 Å². The zero-order valence-electron chi connectivity index (χ0n) is 11.7. The van der Waals surface area contributed by atoms with Gasteiger partial charge in [0.05, 0.1) is 0 Å². The van der Waals surface area contributed by atoms with Crippen LogP contribution in [0, 0.1) is 6.92 Å². The monoisotopic (exact) mass is 304 g/mol. The highest BCUT2D eigenvalue weighted by Gasteiger charge is 2.02. The predicted molar refractivity (Wildman–Crippen MR) is 85.7 cm³/mol. The van der Waals surface area contributed by atoms with Gasteiger partial charge in [0.2, 0.25) is 5.91 Å². The van der Waals surface area contributed by atoms with Crippen molar-refractivity contribution in [2.75, 3.05) is 17.2 Å². The van der Waals surface area contributed by atoms with E-state index in [1.807, 2.05) is 43.3 Å². The molecule has 0 saturated carbocycles. The Morgan fingerprint density at radius 3 is 2.67 bits per heavy atom. The van der Waals surface area contributed by atoms with Gasteiger partial charge in [-0.1, -0.05) is 29.8 Å². The van der Waals surface area contributed by atoms with Crippen LogP contribution in [-0.4, -0.2) is 17.6 Å². The molecule has 0 aliphatic heterocycles. The first kappa shape index (κ1) is 15.4. The lowest BCUT2D eigenvalue weighted by Gasteiger charge is -2.10. The van der Waals surface area contributed by atoms with Crippen LogP contribution in [-0.2, 0) is 11.3 Å².